The van der Waals surface area contributed by atoms with Crippen LogP contribution in [0.2, 0.25) is 0 Å². The molecule has 3 nitrogen and oxygen atoms in total. The maximum Gasteiger partial charge on any atom is 0.109 e. The average molecular weight is 221 g/mol. The van der Waals surface area contributed by atoms with Crippen molar-refractivity contribution in [3.8, 4) is 0 Å². The van der Waals surface area contributed by atoms with Crippen LogP contribution in [-0.4, -0.2) is 22.6 Å². The Morgan fingerprint density at radius 1 is 1.50 bits per heavy atom. The molecule has 0 bridgehead atoms. The van der Waals surface area contributed by atoms with Crippen molar-refractivity contribution in [3.05, 3.63) is 18.2 Å². The molecule has 1 aliphatic rings. The first-order chi connectivity index (χ1) is 7.77. The van der Waals surface area contributed by atoms with Crippen molar-refractivity contribution in [2.75, 3.05) is 13.1 Å². The smallest absolute Gasteiger partial charge is 0.109 e. The fourth-order valence-electron chi connectivity index (χ4n) is 2.65. The van der Waals surface area contributed by atoms with Crippen LogP contribution in [-0.2, 0) is 13.5 Å². The van der Waals surface area contributed by atoms with Crippen LogP contribution in [0.3, 0.4) is 0 Å². The van der Waals surface area contributed by atoms with Gasteiger partial charge >= 0.3 is 0 Å². The van der Waals surface area contributed by atoms with Gasteiger partial charge in [0.05, 0.1) is 0 Å². The Balaban J connectivity index is 1.63. The highest BCUT2D eigenvalue weighted by molar-refractivity contribution is 4.91. The van der Waals surface area contributed by atoms with E-state index in [9.17, 15) is 0 Å². The van der Waals surface area contributed by atoms with Crippen molar-refractivity contribution in [1.82, 2.24) is 14.9 Å². The molecule has 1 fully saturated rings. The Morgan fingerprint density at radius 2 is 2.38 bits per heavy atom. The topological polar surface area (TPSA) is 29.9 Å². The third-order valence-electron chi connectivity index (χ3n) is 3.89. The van der Waals surface area contributed by atoms with Gasteiger partial charge in [-0.1, -0.05) is 19.8 Å². The van der Waals surface area contributed by atoms with E-state index in [-0.39, 0.29) is 0 Å². The lowest BCUT2D eigenvalue weighted by atomic mass is 9.98. The number of imidazole rings is 1. The second-order valence-electron chi connectivity index (χ2n) is 5.08. The molecule has 2 rings (SSSR count). The van der Waals surface area contributed by atoms with E-state index in [2.05, 4.69) is 28.8 Å². The van der Waals surface area contributed by atoms with Crippen molar-refractivity contribution in [2.45, 2.75) is 32.6 Å². The molecule has 3 heteroatoms. The van der Waals surface area contributed by atoms with E-state index in [1.807, 2.05) is 12.4 Å². The SMILES string of the molecule is CC1CCCC1CNCCc1nccn1C. The lowest BCUT2D eigenvalue weighted by molar-refractivity contribution is 0.393. The summed E-state index contributed by atoms with van der Waals surface area (Å²) in [6, 6.07) is 0. The van der Waals surface area contributed by atoms with Crippen LogP contribution in [0.1, 0.15) is 32.0 Å². The summed E-state index contributed by atoms with van der Waals surface area (Å²) in [5.74, 6) is 2.99. The molecule has 90 valence electrons. The molecule has 1 heterocycles. The van der Waals surface area contributed by atoms with E-state index in [1.54, 1.807) is 0 Å². The predicted molar refractivity (Wildman–Crippen MR) is 66.3 cm³/mol. The lowest BCUT2D eigenvalue weighted by Crippen LogP contribution is -2.26. The summed E-state index contributed by atoms with van der Waals surface area (Å²) in [6.45, 7) is 4.62. The molecule has 16 heavy (non-hydrogen) atoms. The minimum Gasteiger partial charge on any atom is -0.338 e. The number of aryl methyl sites for hydroxylation is 1. The Bertz CT molecular complexity index is 319. The molecule has 0 spiro atoms. The van der Waals surface area contributed by atoms with E-state index in [0.717, 1.165) is 24.8 Å². The van der Waals surface area contributed by atoms with E-state index in [0.29, 0.717) is 0 Å². The largest absolute Gasteiger partial charge is 0.338 e. The van der Waals surface area contributed by atoms with Gasteiger partial charge in [-0.3, -0.25) is 0 Å². The molecule has 0 aliphatic heterocycles. The third-order valence-corrected chi connectivity index (χ3v) is 3.89. The van der Waals surface area contributed by atoms with Gasteiger partial charge in [0.15, 0.2) is 0 Å². The minimum atomic E-state index is 0.904. The van der Waals surface area contributed by atoms with Crippen LogP contribution in [0.25, 0.3) is 0 Å². The zero-order valence-electron chi connectivity index (χ0n) is 10.4. The van der Waals surface area contributed by atoms with Crippen molar-refractivity contribution < 1.29 is 0 Å². The highest BCUT2D eigenvalue weighted by Crippen LogP contribution is 2.30. The summed E-state index contributed by atoms with van der Waals surface area (Å²) in [5.41, 5.74) is 0. The predicted octanol–water partition coefficient (Wildman–Crippen LogP) is 1.99. The summed E-state index contributed by atoms with van der Waals surface area (Å²) in [7, 11) is 2.06. The first-order valence-corrected chi connectivity index (χ1v) is 6.44. The molecule has 1 saturated carbocycles. The van der Waals surface area contributed by atoms with Crippen LogP contribution in [0.15, 0.2) is 12.4 Å². The van der Waals surface area contributed by atoms with E-state index >= 15 is 0 Å². The third kappa shape index (κ3) is 2.85. The molecule has 2 atom stereocenters. The molecule has 1 aromatic heterocycles. The zero-order valence-corrected chi connectivity index (χ0v) is 10.4. The molecule has 1 aromatic rings. The number of hydrogen-bond donors (Lipinski definition) is 1. The summed E-state index contributed by atoms with van der Waals surface area (Å²) in [6.07, 6.45) is 9.17. The van der Waals surface area contributed by atoms with Gasteiger partial charge in [0.2, 0.25) is 0 Å². The Kier molecular flexibility index (Phi) is 3.99. The number of nitrogens with one attached hydrogen (secondary N) is 1. The van der Waals surface area contributed by atoms with Crippen molar-refractivity contribution in [1.29, 1.82) is 0 Å². The molecule has 0 saturated heterocycles. The van der Waals surface area contributed by atoms with Crippen molar-refractivity contribution in [2.24, 2.45) is 18.9 Å². The maximum atomic E-state index is 4.32. The molecule has 2 unspecified atom stereocenters. The number of rotatable bonds is 5. The number of nitrogens with zero attached hydrogens (tertiary/aromatic N) is 2. The molecule has 0 amide bonds. The maximum absolute atomic E-state index is 4.32. The Labute approximate surface area is 98.3 Å². The van der Waals surface area contributed by atoms with Gasteiger partial charge in [-0.2, -0.15) is 0 Å². The van der Waals surface area contributed by atoms with Crippen molar-refractivity contribution >= 4 is 0 Å². The first kappa shape index (κ1) is 11.6. The highest BCUT2D eigenvalue weighted by Gasteiger charge is 2.22. The van der Waals surface area contributed by atoms with Crippen LogP contribution in [0.5, 0.6) is 0 Å². The molecule has 0 aromatic carbocycles. The van der Waals surface area contributed by atoms with Gasteiger partial charge < -0.3 is 9.88 Å². The molecule has 1 N–H and O–H groups in total. The second kappa shape index (κ2) is 5.48. The molecular formula is C13H23N3. The first-order valence-electron chi connectivity index (χ1n) is 6.44. The van der Waals surface area contributed by atoms with Crippen molar-refractivity contribution in [3.63, 3.8) is 0 Å². The highest BCUT2D eigenvalue weighted by atomic mass is 15.0. The molecular weight excluding hydrogens is 198 g/mol. The Morgan fingerprint density at radius 3 is 3.00 bits per heavy atom. The summed E-state index contributed by atoms with van der Waals surface area (Å²) >= 11 is 0. The van der Waals surface area contributed by atoms with Gasteiger partial charge in [-0.25, -0.2) is 4.98 Å². The quantitative estimate of drug-likeness (QED) is 0.771. The Hall–Kier alpha value is -0.830. The van der Waals surface area contributed by atoms with Crippen LogP contribution < -0.4 is 5.32 Å². The zero-order chi connectivity index (χ0) is 11.4. The monoisotopic (exact) mass is 221 g/mol. The summed E-state index contributed by atoms with van der Waals surface area (Å²) < 4.78 is 2.10. The van der Waals surface area contributed by atoms with E-state index in [4.69, 9.17) is 0 Å². The van der Waals surface area contributed by atoms with Gasteiger partial charge in [0.25, 0.3) is 0 Å². The fraction of sp³-hybridized carbons (Fsp3) is 0.769. The summed E-state index contributed by atoms with van der Waals surface area (Å²) in [4.78, 5) is 4.32. The normalized spacial score (nSPS) is 25.1. The molecule has 0 radical (unpaired) electrons. The van der Waals surface area contributed by atoms with E-state index < -0.39 is 0 Å². The minimum absolute atomic E-state index is 0.904. The average Bonchev–Trinajstić information content (AvgIpc) is 2.84. The van der Waals surface area contributed by atoms with E-state index in [1.165, 1.54) is 31.6 Å². The van der Waals surface area contributed by atoms with Crippen LogP contribution in [0, 0.1) is 11.8 Å². The fourth-order valence-corrected chi connectivity index (χ4v) is 2.65. The molecule has 1 aliphatic carbocycles. The van der Waals surface area contributed by atoms with Crippen LogP contribution >= 0.6 is 0 Å². The van der Waals surface area contributed by atoms with Gasteiger partial charge in [-0.05, 0) is 24.8 Å². The number of aromatic nitrogens is 2. The summed E-state index contributed by atoms with van der Waals surface area (Å²) in [5, 5.41) is 3.57. The lowest BCUT2D eigenvalue weighted by Gasteiger charge is -2.15. The van der Waals surface area contributed by atoms with Gasteiger partial charge in [0, 0.05) is 32.4 Å². The second-order valence-corrected chi connectivity index (χ2v) is 5.08. The van der Waals surface area contributed by atoms with Gasteiger partial charge in [-0.15, -0.1) is 0 Å². The standard InChI is InChI=1S/C13H23N3/c1-11-4-3-5-12(11)10-14-7-6-13-15-8-9-16(13)2/h8-9,11-12,14H,3-7,10H2,1-2H3. The number of hydrogen-bond acceptors (Lipinski definition) is 2. The van der Waals surface area contributed by atoms with Crippen LogP contribution in [0.4, 0.5) is 0 Å². The van der Waals surface area contributed by atoms with Gasteiger partial charge in [0.1, 0.15) is 5.82 Å².